The lowest BCUT2D eigenvalue weighted by atomic mass is 9.84. The van der Waals surface area contributed by atoms with E-state index in [2.05, 4.69) is 53.7 Å². The number of carbonyl (C=O) groups excluding carboxylic acids is 1. The summed E-state index contributed by atoms with van der Waals surface area (Å²) in [4.78, 5) is 13.4. The van der Waals surface area contributed by atoms with Crippen LogP contribution in [0.25, 0.3) is 0 Å². The van der Waals surface area contributed by atoms with E-state index >= 15 is 0 Å². The number of hydrogen-bond donors (Lipinski definition) is 0. The SMILES string of the molecule is COC(=O)N1C=C(C(C)(C)C)C=CC(C(C)(C)C)=C1. The van der Waals surface area contributed by atoms with Crippen molar-refractivity contribution in [2.24, 2.45) is 10.8 Å². The van der Waals surface area contributed by atoms with Crippen molar-refractivity contribution < 1.29 is 9.53 Å². The Kier molecular flexibility index (Phi) is 4.28. The first-order chi connectivity index (χ1) is 8.55. The molecule has 106 valence electrons. The Hall–Kier alpha value is -1.51. The maximum Gasteiger partial charge on any atom is 0.417 e. The van der Waals surface area contributed by atoms with Crippen LogP contribution in [0.4, 0.5) is 4.79 Å². The summed E-state index contributed by atoms with van der Waals surface area (Å²) in [5, 5.41) is 0. The van der Waals surface area contributed by atoms with Gasteiger partial charge in [-0.3, -0.25) is 4.90 Å². The van der Waals surface area contributed by atoms with Crippen molar-refractivity contribution in [3.05, 3.63) is 35.7 Å². The average molecular weight is 263 g/mol. The lowest BCUT2D eigenvalue weighted by molar-refractivity contribution is 0.151. The van der Waals surface area contributed by atoms with Crippen LogP contribution in [0.15, 0.2) is 35.7 Å². The van der Waals surface area contributed by atoms with Gasteiger partial charge in [-0.05, 0) is 22.0 Å². The molecule has 1 aliphatic rings. The van der Waals surface area contributed by atoms with Crippen molar-refractivity contribution in [2.75, 3.05) is 7.11 Å². The number of nitrogens with zero attached hydrogens (tertiary/aromatic N) is 1. The zero-order valence-electron chi connectivity index (χ0n) is 13.1. The van der Waals surface area contributed by atoms with E-state index in [-0.39, 0.29) is 16.9 Å². The van der Waals surface area contributed by atoms with Crippen LogP contribution >= 0.6 is 0 Å². The maximum atomic E-state index is 11.9. The van der Waals surface area contributed by atoms with Crippen molar-refractivity contribution in [1.82, 2.24) is 4.90 Å². The predicted octanol–water partition coefficient (Wildman–Crippen LogP) is 4.48. The zero-order chi connectivity index (χ0) is 14.8. The predicted molar refractivity (Wildman–Crippen MR) is 78.5 cm³/mol. The Morgan fingerprint density at radius 2 is 1.32 bits per heavy atom. The minimum Gasteiger partial charge on any atom is -0.452 e. The third-order valence-corrected chi connectivity index (χ3v) is 3.12. The van der Waals surface area contributed by atoms with E-state index in [0.717, 1.165) is 11.1 Å². The standard InChI is InChI=1S/C16H25NO2/c1-15(2,3)12-8-9-13(16(4,5)6)11-17(10-12)14(18)19-7/h8-11H,1-7H3. The lowest BCUT2D eigenvalue weighted by Crippen LogP contribution is -2.23. The van der Waals surface area contributed by atoms with Gasteiger partial charge < -0.3 is 4.74 Å². The molecule has 3 heteroatoms. The molecule has 0 fully saturated rings. The number of ether oxygens (including phenoxy) is 1. The van der Waals surface area contributed by atoms with Crippen LogP contribution in [0, 0.1) is 10.8 Å². The van der Waals surface area contributed by atoms with Crippen molar-refractivity contribution in [3.8, 4) is 0 Å². The molecule has 0 saturated heterocycles. The number of rotatable bonds is 0. The number of carbonyl (C=O) groups is 1. The Balaban J connectivity index is 3.26. The molecule has 0 N–H and O–H groups in total. The van der Waals surface area contributed by atoms with Gasteiger partial charge in [0.25, 0.3) is 0 Å². The fourth-order valence-corrected chi connectivity index (χ4v) is 1.70. The second kappa shape index (κ2) is 5.24. The van der Waals surface area contributed by atoms with Gasteiger partial charge in [0.15, 0.2) is 0 Å². The first-order valence-electron chi connectivity index (χ1n) is 6.54. The molecule has 0 aliphatic carbocycles. The van der Waals surface area contributed by atoms with Crippen LogP contribution < -0.4 is 0 Å². The van der Waals surface area contributed by atoms with Gasteiger partial charge in [-0.2, -0.15) is 0 Å². The number of methoxy groups -OCH3 is 1. The average Bonchev–Trinajstić information content (AvgIpc) is 2.49. The maximum absolute atomic E-state index is 11.9. The van der Waals surface area contributed by atoms with E-state index in [1.807, 2.05) is 12.4 Å². The highest BCUT2D eigenvalue weighted by Crippen LogP contribution is 2.33. The molecule has 1 rings (SSSR count). The molecule has 1 aliphatic heterocycles. The van der Waals surface area contributed by atoms with Gasteiger partial charge in [-0.15, -0.1) is 0 Å². The minimum atomic E-state index is -0.368. The van der Waals surface area contributed by atoms with Crippen LogP contribution in [-0.4, -0.2) is 18.1 Å². The Bertz CT molecular complexity index is 408. The Labute approximate surface area is 116 Å². The van der Waals surface area contributed by atoms with Gasteiger partial charge in [0.2, 0.25) is 0 Å². The molecule has 1 heterocycles. The van der Waals surface area contributed by atoms with Gasteiger partial charge >= 0.3 is 6.09 Å². The van der Waals surface area contributed by atoms with Gasteiger partial charge in [0.1, 0.15) is 0 Å². The summed E-state index contributed by atoms with van der Waals surface area (Å²) in [5.74, 6) is 0. The molecule has 3 nitrogen and oxygen atoms in total. The second-order valence-electron chi connectivity index (χ2n) is 6.88. The van der Waals surface area contributed by atoms with Gasteiger partial charge in [-0.25, -0.2) is 4.79 Å². The van der Waals surface area contributed by atoms with Crippen molar-refractivity contribution in [1.29, 1.82) is 0 Å². The van der Waals surface area contributed by atoms with Crippen LogP contribution in [-0.2, 0) is 4.74 Å². The highest BCUT2D eigenvalue weighted by Gasteiger charge is 2.23. The smallest absolute Gasteiger partial charge is 0.417 e. The monoisotopic (exact) mass is 263 g/mol. The number of amides is 1. The summed E-state index contributed by atoms with van der Waals surface area (Å²) < 4.78 is 4.84. The highest BCUT2D eigenvalue weighted by atomic mass is 16.5. The van der Waals surface area contributed by atoms with Crippen LogP contribution in [0.3, 0.4) is 0 Å². The summed E-state index contributed by atoms with van der Waals surface area (Å²) in [6.07, 6.45) is 7.49. The third-order valence-electron chi connectivity index (χ3n) is 3.12. The summed E-state index contributed by atoms with van der Waals surface area (Å²) in [5.41, 5.74) is 2.13. The number of allylic oxidation sites excluding steroid dienone is 4. The molecule has 0 atom stereocenters. The molecule has 0 saturated carbocycles. The lowest BCUT2D eigenvalue weighted by Gasteiger charge is -2.22. The molecule has 1 amide bonds. The Morgan fingerprint density at radius 1 is 0.947 bits per heavy atom. The van der Waals surface area contributed by atoms with Crippen LogP contribution in [0.1, 0.15) is 41.5 Å². The molecule has 0 bridgehead atoms. The van der Waals surface area contributed by atoms with E-state index in [1.165, 1.54) is 12.0 Å². The third kappa shape index (κ3) is 3.98. The normalized spacial score (nSPS) is 16.7. The van der Waals surface area contributed by atoms with E-state index in [1.54, 1.807) is 0 Å². The topological polar surface area (TPSA) is 29.5 Å². The molecule has 0 unspecified atom stereocenters. The van der Waals surface area contributed by atoms with E-state index < -0.39 is 0 Å². The second-order valence-corrected chi connectivity index (χ2v) is 6.88. The van der Waals surface area contributed by atoms with Crippen molar-refractivity contribution in [3.63, 3.8) is 0 Å². The first kappa shape index (κ1) is 15.5. The summed E-state index contributed by atoms with van der Waals surface area (Å²) in [6.45, 7) is 12.8. The quantitative estimate of drug-likeness (QED) is 0.644. The summed E-state index contributed by atoms with van der Waals surface area (Å²) in [6, 6.07) is 0. The van der Waals surface area contributed by atoms with Crippen LogP contribution in [0.5, 0.6) is 0 Å². The van der Waals surface area contributed by atoms with Crippen LogP contribution in [0.2, 0.25) is 0 Å². The van der Waals surface area contributed by atoms with Gasteiger partial charge in [0.05, 0.1) is 7.11 Å². The van der Waals surface area contributed by atoms with Crippen molar-refractivity contribution >= 4 is 6.09 Å². The largest absolute Gasteiger partial charge is 0.452 e. The molecule has 0 spiro atoms. The highest BCUT2D eigenvalue weighted by molar-refractivity contribution is 5.71. The summed E-state index contributed by atoms with van der Waals surface area (Å²) in [7, 11) is 1.40. The molecule has 0 aromatic rings. The first-order valence-corrected chi connectivity index (χ1v) is 6.54. The fraction of sp³-hybridized carbons (Fsp3) is 0.562. The van der Waals surface area contributed by atoms with Gasteiger partial charge in [0, 0.05) is 12.4 Å². The minimum absolute atomic E-state index is 0.0239. The molecule has 0 radical (unpaired) electrons. The molecular formula is C16H25NO2. The van der Waals surface area contributed by atoms with E-state index in [4.69, 9.17) is 4.74 Å². The fourth-order valence-electron chi connectivity index (χ4n) is 1.70. The molecule has 0 aromatic carbocycles. The zero-order valence-corrected chi connectivity index (χ0v) is 13.1. The number of hydrogen-bond acceptors (Lipinski definition) is 2. The molecule has 0 aromatic heterocycles. The summed E-state index contributed by atoms with van der Waals surface area (Å²) >= 11 is 0. The van der Waals surface area contributed by atoms with E-state index in [9.17, 15) is 4.79 Å². The van der Waals surface area contributed by atoms with E-state index in [0.29, 0.717) is 0 Å². The molecular weight excluding hydrogens is 238 g/mol. The molecule has 19 heavy (non-hydrogen) atoms. The van der Waals surface area contributed by atoms with Gasteiger partial charge in [-0.1, -0.05) is 53.7 Å². The van der Waals surface area contributed by atoms with Crippen molar-refractivity contribution in [2.45, 2.75) is 41.5 Å². The Morgan fingerprint density at radius 3 is 1.58 bits per heavy atom.